The number of rotatable bonds is 13. The van der Waals surface area contributed by atoms with E-state index in [0.717, 1.165) is 25.5 Å². The standard InChI is InChI=1S/C20H38O2.C4H6O/c1-7-19(8-2)12-11-18(5)17(4)10-9-16(3)13-20(14-21)15-22-6;1-4(2)3-5/h11-12,16-17,20-21H,7-10,13-15H2,1-6H3;3H,1H2,2H3/b18-11+;. The van der Waals surface area contributed by atoms with Crippen molar-refractivity contribution in [3.63, 3.8) is 0 Å². The molecule has 0 amide bonds. The van der Waals surface area contributed by atoms with Gasteiger partial charge in [-0.1, -0.05) is 64.0 Å². The first-order valence-electron chi connectivity index (χ1n) is 10.3. The molecular formula is C24H44O3. The fourth-order valence-corrected chi connectivity index (χ4v) is 2.78. The van der Waals surface area contributed by atoms with Crippen LogP contribution < -0.4 is 0 Å². The second-order valence-electron chi connectivity index (χ2n) is 7.73. The predicted molar refractivity (Wildman–Crippen MR) is 118 cm³/mol. The van der Waals surface area contributed by atoms with Crippen LogP contribution in [0.15, 0.2) is 35.5 Å². The number of aliphatic hydroxyl groups is 1. The molecule has 158 valence electrons. The highest BCUT2D eigenvalue weighted by molar-refractivity contribution is 5.70. The molecule has 0 saturated heterocycles. The van der Waals surface area contributed by atoms with Gasteiger partial charge in [0.25, 0.3) is 0 Å². The maximum atomic E-state index is 9.41. The molecule has 0 spiro atoms. The predicted octanol–water partition coefficient (Wildman–Crippen LogP) is 6.14. The molecule has 0 heterocycles. The molecule has 0 aliphatic rings. The number of carbonyl (C=O) groups is 1. The summed E-state index contributed by atoms with van der Waals surface area (Å²) in [6.45, 7) is 17.2. The summed E-state index contributed by atoms with van der Waals surface area (Å²) in [7, 11) is 1.71. The Morgan fingerprint density at radius 1 is 1.11 bits per heavy atom. The van der Waals surface area contributed by atoms with Crippen LogP contribution in [0.2, 0.25) is 0 Å². The van der Waals surface area contributed by atoms with Crippen LogP contribution in [0.1, 0.15) is 73.6 Å². The average molecular weight is 381 g/mol. The number of methoxy groups -OCH3 is 1. The smallest absolute Gasteiger partial charge is 0.145 e. The van der Waals surface area contributed by atoms with Gasteiger partial charge in [0.05, 0.1) is 6.61 Å². The van der Waals surface area contributed by atoms with Crippen LogP contribution in [0.25, 0.3) is 0 Å². The molecule has 0 rings (SSSR count). The third-order valence-electron chi connectivity index (χ3n) is 4.96. The van der Waals surface area contributed by atoms with Crippen LogP contribution in [0.5, 0.6) is 0 Å². The largest absolute Gasteiger partial charge is 0.396 e. The van der Waals surface area contributed by atoms with E-state index in [0.29, 0.717) is 24.0 Å². The highest BCUT2D eigenvalue weighted by Gasteiger charge is 2.14. The second kappa shape index (κ2) is 18.2. The molecule has 3 nitrogen and oxygen atoms in total. The summed E-state index contributed by atoms with van der Waals surface area (Å²) < 4.78 is 5.16. The molecule has 3 unspecified atom stereocenters. The topological polar surface area (TPSA) is 46.5 Å². The molecule has 0 aromatic rings. The molecule has 3 atom stereocenters. The van der Waals surface area contributed by atoms with Gasteiger partial charge in [0.1, 0.15) is 6.29 Å². The zero-order valence-electron chi connectivity index (χ0n) is 18.9. The van der Waals surface area contributed by atoms with Crippen LogP contribution in [-0.4, -0.2) is 31.7 Å². The lowest BCUT2D eigenvalue weighted by molar-refractivity contribution is -0.104. The molecule has 0 aromatic carbocycles. The van der Waals surface area contributed by atoms with Crippen LogP contribution in [-0.2, 0) is 9.53 Å². The molecule has 27 heavy (non-hydrogen) atoms. The van der Waals surface area contributed by atoms with Gasteiger partial charge >= 0.3 is 0 Å². The van der Waals surface area contributed by atoms with E-state index in [-0.39, 0.29) is 12.5 Å². The molecule has 3 heteroatoms. The first-order chi connectivity index (χ1) is 12.7. The van der Waals surface area contributed by atoms with Gasteiger partial charge in [0.2, 0.25) is 0 Å². The molecule has 0 aliphatic heterocycles. The van der Waals surface area contributed by atoms with Gasteiger partial charge in [-0.05, 0) is 56.9 Å². The van der Waals surface area contributed by atoms with Gasteiger partial charge in [0, 0.05) is 19.6 Å². The lowest BCUT2D eigenvalue weighted by Crippen LogP contribution is -2.16. The van der Waals surface area contributed by atoms with Gasteiger partial charge in [0.15, 0.2) is 0 Å². The number of carbonyl (C=O) groups excluding carboxylic acids is 1. The van der Waals surface area contributed by atoms with Crippen molar-refractivity contribution in [3.8, 4) is 0 Å². The van der Waals surface area contributed by atoms with E-state index in [2.05, 4.69) is 53.3 Å². The molecule has 0 fully saturated rings. The Hall–Kier alpha value is -1.19. The maximum absolute atomic E-state index is 9.41. The quantitative estimate of drug-likeness (QED) is 0.237. The first kappa shape index (κ1) is 28.0. The number of ether oxygens (including phenoxy) is 1. The minimum Gasteiger partial charge on any atom is -0.396 e. The van der Waals surface area contributed by atoms with Crippen molar-refractivity contribution in [3.05, 3.63) is 35.5 Å². The summed E-state index contributed by atoms with van der Waals surface area (Å²) in [6.07, 6.45) is 11.1. The minimum absolute atomic E-state index is 0.230. The van der Waals surface area contributed by atoms with Gasteiger partial charge in [-0.25, -0.2) is 0 Å². The molecule has 1 N–H and O–H groups in total. The molecule has 0 saturated carbocycles. The Labute approximate surface area is 168 Å². The molecule has 0 aliphatic carbocycles. The molecule has 0 bridgehead atoms. The van der Waals surface area contributed by atoms with Gasteiger partial charge in [-0.3, -0.25) is 4.79 Å². The third-order valence-corrected chi connectivity index (χ3v) is 4.96. The number of hydrogen-bond donors (Lipinski definition) is 1. The van der Waals surface area contributed by atoms with Crippen molar-refractivity contribution in [2.24, 2.45) is 17.8 Å². The monoisotopic (exact) mass is 380 g/mol. The van der Waals surface area contributed by atoms with Crippen molar-refractivity contribution < 1.29 is 14.6 Å². The van der Waals surface area contributed by atoms with E-state index in [9.17, 15) is 9.90 Å². The Morgan fingerprint density at radius 2 is 1.67 bits per heavy atom. The van der Waals surface area contributed by atoms with Crippen molar-refractivity contribution >= 4 is 6.29 Å². The summed E-state index contributed by atoms with van der Waals surface area (Å²) in [5, 5.41) is 9.34. The number of aldehydes is 1. The Morgan fingerprint density at radius 3 is 2.07 bits per heavy atom. The van der Waals surface area contributed by atoms with E-state index in [1.54, 1.807) is 14.0 Å². The SMILES string of the molecule is C=C(C)C=O.CCC(=C/C=C(\C)C(C)CCC(C)CC(CO)COC)CC. The van der Waals surface area contributed by atoms with Gasteiger partial charge < -0.3 is 9.84 Å². The number of aliphatic hydroxyl groups excluding tert-OH is 1. The summed E-state index contributed by atoms with van der Waals surface area (Å²) in [4.78, 5) is 9.41. The zero-order chi connectivity index (χ0) is 21.2. The van der Waals surface area contributed by atoms with Crippen molar-refractivity contribution in [2.75, 3.05) is 20.3 Å². The van der Waals surface area contributed by atoms with Gasteiger partial charge in [-0.15, -0.1) is 0 Å². The lowest BCUT2D eigenvalue weighted by Gasteiger charge is -2.20. The molecule has 0 aromatic heterocycles. The van der Waals surface area contributed by atoms with Crippen LogP contribution in [0, 0.1) is 17.8 Å². The van der Waals surface area contributed by atoms with E-state index >= 15 is 0 Å². The van der Waals surface area contributed by atoms with Crippen LogP contribution in [0.4, 0.5) is 0 Å². The fraction of sp³-hybridized carbons (Fsp3) is 0.708. The van der Waals surface area contributed by atoms with Crippen molar-refractivity contribution in [1.82, 2.24) is 0 Å². The average Bonchev–Trinajstić information content (AvgIpc) is 2.66. The van der Waals surface area contributed by atoms with E-state index in [1.165, 1.54) is 24.0 Å². The summed E-state index contributed by atoms with van der Waals surface area (Å²) in [5.74, 6) is 1.55. The Bertz CT molecular complexity index is 443. The first-order valence-corrected chi connectivity index (χ1v) is 10.3. The fourth-order valence-electron chi connectivity index (χ4n) is 2.78. The highest BCUT2D eigenvalue weighted by Crippen LogP contribution is 2.23. The number of hydrogen-bond acceptors (Lipinski definition) is 3. The summed E-state index contributed by atoms with van der Waals surface area (Å²) in [6, 6.07) is 0. The minimum atomic E-state index is 0.230. The third kappa shape index (κ3) is 16.7. The Balaban J connectivity index is 0. The lowest BCUT2D eigenvalue weighted by atomic mass is 9.88. The normalized spacial score (nSPS) is 14.4. The van der Waals surface area contributed by atoms with Crippen molar-refractivity contribution in [1.29, 1.82) is 0 Å². The maximum Gasteiger partial charge on any atom is 0.145 e. The number of allylic oxidation sites excluding steroid dienone is 5. The second-order valence-corrected chi connectivity index (χ2v) is 7.73. The van der Waals surface area contributed by atoms with Crippen LogP contribution in [0.3, 0.4) is 0 Å². The molecule has 0 radical (unpaired) electrons. The van der Waals surface area contributed by atoms with E-state index in [1.807, 2.05) is 0 Å². The highest BCUT2D eigenvalue weighted by atomic mass is 16.5. The summed E-state index contributed by atoms with van der Waals surface area (Å²) >= 11 is 0. The zero-order valence-corrected chi connectivity index (χ0v) is 18.9. The molecular weight excluding hydrogens is 336 g/mol. The van der Waals surface area contributed by atoms with E-state index < -0.39 is 0 Å². The van der Waals surface area contributed by atoms with Crippen LogP contribution >= 0.6 is 0 Å². The van der Waals surface area contributed by atoms with Gasteiger partial charge in [-0.2, -0.15) is 0 Å². The van der Waals surface area contributed by atoms with E-state index in [4.69, 9.17) is 4.74 Å². The van der Waals surface area contributed by atoms with Crippen molar-refractivity contribution in [2.45, 2.75) is 73.6 Å². The summed E-state index contributed by atoms with van der Waals surface area (Å²) in [5.41, 5.74) is 3.57. The Kier molecular flexibility index (Phi) is 18.9.